The largest absolute Gasteiger partial charge is 0.573 e. The molecule has 1 aromatic carbocycles. The zero-order valence-electron chi connectivity index (χ0n) is 15.7. The average Bonchev–Trinajstić information content (AvgIpc) is 3.18. The van der Waals surface area contributed by atoms with Crippen molar-refractivity contribution in [3.8, 4) is 5.75 Å². The second kappa shape index (κ2) is 7.72. The van der Waals surface area contributed by atoms with Crippen LogP contribution in [0.4, 0.5) is 18.0 Å². The molecule has 3 amide bonds. The van der Waals surface area contributed by atoms with Crippen LogP contribution in [0.1, 0.15) is 44.0 Å². The monoisotopic (exact) mass is 412 g/mol. The number of alkyl halides is 3. The number of ether oxygens (including phenoxy) is 1. The first-order valence-corrected chi connectivity index (χ1v) is 8.94. The van der Waals surface area contributed by atoms with Crippen LogP contribution >= 0.6 is 0 Å². The predicted molar refractivity (Wildman–Crippen MR) is 92.5 cm³/mol. The van der Waals surface area contributed by atoms with E-state index in [0.29, 0.717) is 17.9 Å². The van der Waals surface area contributed by atoms with Gasteiger partial charge in [-0.2, -0.15) is 4.98 Å². The lowest BCUT2D eigenvalue weighted by Crippen LogP contribution is -2.40. The van der Waals surface area contributed by atoms with Crippen LogP contribution in [-0.2, 0) is 23.3 Å². The Bertz CT molecular complexity index is 897. The second-order valence-electron chi connectivity index (χ2n) is 6.73. The molecule has 1 atom stereocenters. The molecule has 1 aliphatic rings. The van der Waals surface area contributed by atoms with E-state index in [9.17, 15) is 22.8 Å². The van der Waals surface area contributed by atoms with Crippen LogP contribution in [0, 0.1) is 0 Å². The van der Waals surface area contributed by atoms with E-state index in [1.165, 1.54) is 19.1 Å². The Morgan fingerprint density at radius 1 is 1.24 bits per heavy atom. The van der Waals surface area contributed by atoms with Crippen LogP contribution in [0.5, 0.6) is 5.75 Å². The number of halogens is 3. The summed E-state index contributed by atoms with van der Waals surface area (Å²) < 4.78 is 45.8. The minimum atomic E-state index is -4.82. The summed E-state index contributed by atoms with van der Waals surface area (Å²) in [4.78, 5) is 30.3. The lowest BCUT2D eigenvalue weighted by atomic mass is 9.92. The number of aromatic nitrogens is 2. The first kappa shape index (κ1) is 20.6. The van der Waals surface area contributed by atoms with Gasteiger partial charge in [-0.1, -0.05) is 30.6 Å². The minimum Gasteiger partial charge on any atom is -0.406 e. The molecular weight excluding hydrogens is 393 g/mol. The molecule has 3 rings (SSSR count). The molecule has 11 heteroatoms. The van der Waals surface area contributed by atoms with E-state index in [1.807, 2.05) is 6.92 Å². The van der Waals surface area contributed by atoms with Gasteiger partial charge in [-0.3, -0.25) is 9.69 Å². The molecule has 2 aromatic rings. The van der Waals surface area contributed by atoms with Gasteiger partial charge in [0.05, 0.1) is 6.54 Å². The van der Waals surface area contributed by atoms with E-state index in [1.54, 1.807) is 0 Å². The zero-order chi connectivity index (χ0) is 21.2. The Hall–Kier alpha value is -3.11. The van der Waals surface area contributed by atoms with Crippen molar-refractivity contribution in [3.63, 3.8) is 0 Å². The van der Waals surface area contributed by atoms with Gasteiger partial charge in [0.1, 0.15) is 11.3 Å². The highest BCUT2D eigenvalue weighted by Gasteiger charge is 2.49. The van der Waals surface area contributed by atoms with Gasteiger partial charge >= 0.3 is 12.4 Å². The molecule has 0 saturated carbocycles. The van der Waals surface area contributed by atoms with E-state index in [4.69, 9.17) is 4.52 Å². The smallest absolute Gasteiger partial charge is 0.406 e. The van der Waals surface area contributed by atoms with Crippen LogP contribution in [0.3, 0.4) is 0 Å². The third-order valence-corrected chi connectivity index (χ3v) is 4.49. The van der Waals surface area contributed by atoms with Gasteiger partial charge in [0.25, 0.3) is 5.91 Å². The fourth-order valence-electron chi connectivity index (χ4n) is 2.95. The molecule has 0 aliphatic carbocycles. The van der Waals surface area contributed by atoms with Crippen LogP contribution in [-0.4, -0.2) is 33.3 Å². The number of carbonyl (C=O) groups is 2. The molecule has 1 saturated heterocycles. The molecule has 1 fully saturated rings. The molecule has 0 bridgehead atoms. The molecule has 2 heterocycles. The number of nitrogens with one attached hydrogen (secondary N) is 1. The van der Waals surface area contributed by atoms with Crippen LogP contribution in [0.15, 0.2) is 28.8 Å². The fourth-order valence-corrected chi connectivity index (χ4v) is 2.95. The molecule has 29 heavy (non-hydrogen) atoms. The van der Waals surface area contributed by atoms with Crippen molar-refractivity contribution in [3.05, 3.63) is 41.5 Å². The molecule has 8 nitrogen and oxygen atoms in total. The van der Waals surface area contributed by atoms with Gasteiger partial charge in [0, 0.05) is 6.42 Å². The molecule has 1 unspecified atom stereocenters. The van der Waals surface area contributed by atoms with Crippen LogP contribution in [0.2, 0.25) is 0 Å². The molecular formula is C18H19F3N4O4. The molecule has 0 radical (unpaired) electrons. The standard InChI is InChI=1S/C18H19F3N4O4/c1-3-4-5-14-22-13(24-29-14)10-25-15(26)17(2,23-16(25)27)11-6-8-12(9-7-11)28-18(19,20)21/h6-9H,3-5,10H2,1-2H3,(H,23,27). The number of nitrogens with zero attached hydrogens (tertiary/aromatic N) is 3. The van der Waals surface area contributed by atoms with Gasteiger partial charge in [-0.05, 0) is 31.0 Å². The number of unbranched alkanes of at least 4 members (excludes halogenated alkanes) is 1. The Balaban J connectivity index is 1.74. The summed E-state index contributed by atoms with van der Waals surface area (Å²) in [7, 11) is 0. The Morgan fingerprint density at radius 3 is 2.55 bits per heavy atom. The maximum atomic E-state index is 12.9. The number of hydrogen-bond acceptors (Lipinski definition) is 6. The van der Waals surface area contributed by atoms with E-state index >= 15 is 0 Å². The van der Waals surface area contributed by atoms with Crippen molar-refractivity contribution in [2.75, 3.05) is 0 Å². The highest BCUT2D eigenvalue weighted by Crippen LogP contribution is 2.31. The topological polar surface area (TPSA) is 97.6 Å². The number of urea groups is 1. The van der Waals surface area contributed by atoms with Gasteiger partial charge in [-0.15, -0.1) is 13.2 Å². The number of aryl methyl sites for hydroxylation is 1. The Kier molecular flexibility index (Phi) is 5.49. The summed E-state index contributed by atoms with van der Waals surface area (Å²) in [6.07, 6.45) is -2.39. The van der Waals surface area contributed by atoms with Gasteiger partial charge in [0.15, 0.2) is 5.82 Å². The van der Waals surface area contributed by atoms with E-state index in [2.05, 4.69) is 20.2 Å². The maximum Gasteiger partial charge on any atom is 0.573 e. The lowest BCUT2D eigenvalue weighted by molar-refractivity contribution is -0.274. The summed E-state index contributed by atoms with van der Waals surface area (Å²) in [6.45, 7) is 3.31. The first-order valence-electron chi connectivity index (χ1n) is 8.94. The second-order valence-corrected chi connectivity index (χ2v) is 6.73. The number of benzene rings is 1. The predicted octanol–water partition coefficient (Wildman–Crippen LogP) is 3.28. The molecule has 1 aliphatic heterocycles. The normalized spacial score (nSPS) is 19.6. The number of rotatable bonds is 7. The number of amides is 3. The van der Waals surface area contributed by atoms with Crippen molar-refractivity contribution >= 4 is 11.9 Å². The quantitative estimate of drug-likeness (QED) is 0.701. The Morgan fingerprint density at radius 2 is 1.93 bits per heavy atom. The highest BCUT2D eigenvalue weighted by atomic mass is 19.4. The van der Waals surface area contributed by atoms with Gasteiger partial charge < -0.3 is 14.6 Å². The van der Waals surface area contributed by atoms with E-state index in [0.717, 1.165) is 29.9 Å². The summed E-state index contributed by atoms with van der Waals surface area (Å²) in [6, 6.07) is 4.08. The number of imide groups is 1. The highest BCUT2D eigenvalue weighted by molar-refractivity contribution is 6.07. The minimum absolute atomic E-state index is 0.175. The van der Waals surface area contributed by atoms with Gasteiger partial charge in [0.2, 0.25) is 5.89 Å². The molecule has 1 N–H and O–H groups in total. The van der Waals surface area contributed by atoms with Gasteiger partial charge in [-0.25, -0.2) is 4.79 Å². The van der Waals surface area contributed by atoms with Crippen molar-refractivity contribution in [1.82, 2.24) is 20.4 Å². The number of carbonyl (C=O) groups excluding carboxylic acids is 2. The van der Waals surface area contributed by atoms with Crippen LogP contribution in [0.25, 0.3) is 0 Å². The maximum absolute atomic E-state index is 12.9. The number of hydrogen-bond donors (Lipinski definition) is 1. The molecule has 0 spiro atoms. The average molecular weight is 412 g/mol. The first-order chi connectivity index (χ1) is 13.6. The third kappa shape index (κ3) is 4.49. The Labute approximate surface area is 164 Å². The lowest BCUT2D eigenvalue weighted by Gasteiger charge is -2.22. The summed E-state index contributed by atoms with van der Waals surface area (Å²) in [5.74, 6) is -0.383. The van der Waals surface area contributed by atoms with E-state index < -0.39 is 29.6 Å². The van der Waals surface area contributed by atoms with Crippen molar-refractivity contribution in [2.45, 2.75) is 51.6 Å². The van der Waals surface area contributed by atoms with Crippen molar-refractivity contribution in [2.24, 2.45) is 0 Å². The SMILES string of the molecule is CCCCc1nc(CN2C(=O)NC(C)(c3ccc(OC(F)(F)F)cc3)C2=O)no1. The van der Waals surface area contributed by atoms with Crippen molar-refractivity contribution in [1.29, 1.82) is 0 Å². The fraction of sp³-hybridized carbons (Fsp3) is 0.444. The summed E-state index contributed by atoms with van der Waals surface area (Å²) >= 11 is 0. The van der Waals surface area contributed by atoms with Crippen molar-refractivity contribution < 1.29 is 32.0 Å². The summed E-state index contributed by atoms with van der Waals surface area (Å²) in [5, 5.41) is 6.35. The third-order valence-electron chi connectivity index (χ3n) is 4.49. The zero-order valence-corrected chi connectivity index (χ0v) is 15.7. The van der Waals surface area contributed by atoms with E-state index in [-0.39, 0.29) is 12.4 Å². The summed E-state index contributed by atoms with van der Waals surface area (Å²) in [5.41, 5.74) is -1.13. The molecule has 156 valence electrons. The molecule has 1 aromatic heterocycles. The van der Waals surface area contributed by atoms with Crippen LogP contribution < -0.4 is 10.1 Å².